The Morgan fingerprint density at radius 3 is 2.78 bits per heavy atom. The summed E-state index contributed by atoms with van der Waals surface area (Å²) in [4.78, 5) is 23.2. The first kappa shape index (κ1) is 23.7. The van der Waals surface area contributed by atoms with Crippen molar-refractivity contribution in [2.45, 2.75) is 32.1 Å². The van der Waals surface area contributed by atoms with Crippen molar-refractivity contribution in [3.05, 3.63) is 70.4 Å². The second kappa shape index (κ2) is 11.1. The Balaban J connectivity index is 1.70. The number of benzene rings is 2. The molecule has 3 aromatic rings. The lowest BCUT2D eigenvalue weighted by molar-refractivity contribution is -0.136. The molecule has 1 aromatic heterocycles. The number of aromatic nitrogens is 1. The third-order valence-electron chi connectivity index (χ3n) is 4.63. The van der Waals surface area contributed by atoms with E-state index < -0.39 is 18.2 Å². The predicted octanol–water partition coefficient (Wildman–Crippen LogP) is 6.32. The molecule has 2 aromatic carbocycles. The SMILES string of the molecule is Cc1noc(-c2cccc(CSCCC(=O)O)c2)c1NC(=O)OC(C)c1ccccc1Cl. The molecule has 0 fully saturated rings. The van der Waals surface area contributed by atoms with Gasteiger partial charge in [0.05, 0.1) is 6.42 Å². The van der Waals surface area contributed by atoms with Crippen LogP contribution < -0.4 is 5.32 Å². The largest absolute Gasteiger partial charge is 0.481 e. The lowest BCUT2D eigenvalue weighted by atomic mass is 10.1. The molecule has 0 aliphatic carbocycles. The van der Waals surface area contributed by atoms with Crippen molar-refractivity contribution in [3.8, 4) is 11.3 Å². The van der Waals surface area contributed by atoms with Crippen LogP contribution in [0.3, 0.4) is 0 Å². The molecule has 1 amide bonds. The van der Waals surface area contributed by atoms with Gasteiger partial charge in [0.2, 0.25) is 0 Å². The average Bonchev–Trinajstić information content (AvgIpc) is 3.11. The zero-order valence-corrected chi connectivity index (χ0v) is 19.2. The number of rotatable bonds is 9. The van der Waals surface area contributed by atoms with Gasteiger partial charge >= 0.3 is 12.1 Å². The molecule has 32 heavy (non-hydrogen) atoms. The molecule has 2 N–H and O–H groups in total. The highest BCUT2D eigenvalue weighted by atomic mass is 35.5. The number of aryl methyl sites for hydroxylation is 1. The van der Waals surface area contributed by atoms with Gasteiger partial charge in [-0.25, -0.2) is 4.79 Å². The number of hydrogen-bond acceptors (Lipinski definition) is 6. The van der Waals surface area contributed by atoms with E-state index in [1.54, 1.807) is 26.0 Å². The van der Waals surface area contributed by atoms with E-state index in [2.05, 4.69) is 10.5 Å². The van der Waals surface area contributed by atoms with E-state index in [0.717, 1.165) is 11.1 Å². The number of anilines is 1. The van der Waals surface area contributed by atoms with Crippen molar-refractivity contribution >= 4 is 41.1 Å². The Morgan fingerprint density at radius 2 is 2.03 bits per heavy atom. The van der Waals surface area contributed by atoms with E-state index >= 15 is 0 Å². The van der Waals surface area contributed by atoms with Crippen LogP contribution in [0.5, 0.6) is 0 Å². The first-order valence-electron chi connectivity index (χ1n) is 9.92. The van der Waals surface area contributed by atoms with Gasteiger partial charge in [0.25, 0.3) is 0 Å². The fourth-order valence-corrected chi connectivity index (χ4v) is 4.19. The molecule has 0 saturated carbocycles. The summed E-state index contributed by atoms with van der Waals surface area (Å²) in [7, 11) is 0. The van der Waals surface area contributed by atoms with Gasteiger partial charge in [0, 0.05) is 27.7 Å². The van der Waals surface area contributed by atoms with Crippen LogP contribution >= 0.6 is 23.4 Å². The third kappa shape index (κ3) is 6.27. The van der Waals surface area contributed by atoms with Crippen molar-refractivity contribution in [1.29, 1.82) is 0 Å². The van der Waals surface area contributed by atoms with E-state index in [1.165, 1.54) is 11.8 Å². The third-order valence-corrected chi connectivity index (χ3v) is 6.01. The summed E-state index contributed by atoms with van der Waals surface area (Å²) in [6.07, 6.45) is -1.07. The first-order valence-corrected chi connectivity index (χ1v) is 11.5. The molecule has 1 unspecified atom stereocenters. The van der Waals surface area contributed by atoms with Gasteiger partial charge in [-0.1, -0.05) is 53.2 Å². The molecular weight excluding hydrogens is 452 g/mol. The second-order valence-corrected chi connectivity index (χ2v) is 8.58. The first-order chi connectivity index (χ1) is 15.3. The Kier molecular flexibility index (Phi) is 8.19. The van der Waals surface area contributed by atoms with Crippen LogP contribution in [0.1, 0.15) is 36.3 Å². The van der Waals surface area contributed by atoms with Crippen LogP contribution in [0.15, 0.2) is 53.1 Å². The number of halogens is 1. The van der Waals surface area contributed by atoms with Crippen molar-refractivity contribution in [3.63, 3.8) is 0 Å². The van der Waals surface area contributed by atoms with E-state index in [0.29, 0.717) is 39.2 Å². The number of carboxylic acid groups (broad SMARTS) is 1. The quantitative estimate of drug-likeness (QED) is 0.350. The number of carbonyl (C=O) groups excluding carboxylic acids is 1. The molecule has 0 aliphatic heterocycles. The zero-order chi connectivity index (χ0) is 23.1. The van der Waals surface area contributed by atoms with Crippen LogP contribution in [0.25, 0.3) is 11.3 Å². The number of aliphatic carboxylic acids is 1. The predicted molar refractivity (Wildman–Crippen MR) is 125 cm³/mol. The van der Waals surface area contributed by atoms with Crippen molar-refractivity contribution < 1.29 is 24.0 Å². The summed E-state index contributed by atoms with van der Waals surface area (Å²) in [5.74, 6) is 0.800. The molecular formula is C23H23ClN2O5S. The van der Waals surface area contributed by atoms with Gasteiger partial charge < -0.3 is 14.4 Å². The van der Waals surface area contributed by atoms with Gasteiger partial charge in [-0.3, -0.25) is 10.1 Å². The van der Waals surface area contributed by atoms with Gasteiger partial charge in [-0.15, -0.1) is 0 Å². The summed E-state index contributed by atoms with van der Waals surface area (Å²) in [5.41, 5.74) is 3.41. The van der Waals surface area contributed by atoms with E-state index in [-0.39, 0.29) is 6.42 Å². The number of hydrogen-bond donors (Lipinski definition) is 2. The zero-order valence-electron chi connectivity index (χ0n) is 17.6. The normalized spacial score (nSPS) is 11.7. The molecule has 1 heterocycles. The fourth-order valence-electron chi connectivity index (χ4n) is 3.03. The van der Waals surface area contributed by atoms with Crippen LogP contribution in [0, 0.1) is 6.92 Å². The molecule has 0 bridgehead atoms. The van der Waals surface area contributed by atoms with Crippen LogP contribution in [-0.2, 0) is 15.3 Å². The minimum Gasteiger partial charge on any atom is -0.481 e. The second-order valence-electron chi connectivity index (χ2n) is 7.06. The summed E-state index contributed by atoms with van der Waals surface area (Å²) in [6, 6.07) is 14.8. The van der Waals surface area contributed by atoms with Gasteiger partial charge in [0.1, 0.15) is 17.5 Å². The highest BCUT2D eigenvalue weighted by molar-refractivity contribution is 7.98. The highest BCUT2D eigenvalue weighted by Crippen LogP contribution is 2.33. The average molecular weight is 475 g/mol. The number of amides is 1. The Hall–Kier alpha value is -2.97. The van der Waals surface area contributed by atoms with E-state index in [4.69, 9.17) is 26.0 Å². The van der Waals surface area contributed by atoms with Crippen LogP contribution in [0.4, 0.5) is 10.5 Å². The minimum absolute atomic E-state index is 0.119. The number of carbonyl (C=O) groups is 2. The highest BCUT2D eigenvalue weighted by Gasteiger charge is 2.20. The molecule has 0 aliphatic rings. The summed E-state index contributed by atoms with van der Waals surface area (Å²) >= 11 is 7.72. The van der Waals surface area contributed by atoms with Crippen LogP contribution in [0.2, 0.25) is 5.02 Å². The maximum Gasteiger partial charge on any atom is 0.412 e. The van der Waals surface area contributed by atoms with E-state index in [1.807, 2.05) is 36.4 Å². The Morgan fingerprint density at radius 1 is 1.25 bits per heavy atom. The van der Waals surface area contributed by atoms with E-state index in [9.17, 15) is 9.59 Å². The lowest BCUT2D eigenvalue weighted by Gasteiger charge is -2.15. The summed E-state index contributed by atoms with van der Waals surface area (Å²) in [5, 5.41) is 16.0. The summed E-state index contributed by atoms with van der Waals surface area (Å²) in [6.45, 7) is 3.47. The maximum absolute atomic E-state index is 12.5. The number of thioether (sulfide) groups is 1. The molecule has 0 saturated heterocycles. The molecule has 168 valence electrons. The minimum atomic E-state index is -0.810. The number of ether oxygens (including phenoxy) is 1. The lowest BCUT2D eigenvalue weighted by Crippen LogP contribution is -2.17. The van der Waals surface area contributed by atoms with Gasteiger partial charge in [-0.2, -0.15) is 11.8 Å². The van der Waals surface area contributed by atoms with Crippen LogP contribution in [-0.4, -0.2) is 28.1 Å². The van der Waals surface area contributed by atoms with Crippen molar-refractivity contribution in [2.24, 2.45) is 0 Å². The standard InChI is InChI=1S/C23H23ClN2O5S/c1-14-21(25-23(29)30-15(2)18-8-3-4-9-19(18)24)22(31-26-14)17-7-5-6-16(12-17)13-32-11-10-20(27)28/h3-9,12,15H,10-11,13H2,1-2H3,(H,25,29)(H,27,28). The molecule has 0 spiro atoms. The number of nitrogens with one attached hydrogen (secondary N) is 1. The number of carboxylic acids is 1. The van der Waals surface area contributed by atoms with Gasteiger partial charge in [0.15, 0.2) is 5.76 Å². The monoisotopic (exact) mass is 474 g/mol. The smallest absolute Gasteiger partial charge is 0.412 e. The van der Waals surface area contributed by atoms with Gasteiger partial charge in [-0.05, 0) is 31.5 Å². The number of nitrogens with zero attached hydrogens (tertiary/aromatic N) is 1. The molecule has 7 nitrogen and oxygen atoms in total. The Labute approximate surface area is 195 Å². The topological polar surface area (TPSA) is 102 Å². The summed E-state index contributed by atoms with van der Waals surface area (Å²) < 4.78 is 11.0. The Bertz CT molecular complexity index is 1100. The van der Waals surface area contributed by atoms with Crippen molar-refractivity contribution in [1.82, 2.24) is 5.16 Å². The maximum atomic E-state index is 12.5. The fraction of sp³-hybridized carbons (Fsp3) is 0.261. The molecule has 1 atom stereocenters. The molecule has 3 rings (SSSR count). The van der Waals surface area contributed by atoms with Crippen molar-refractivity contribution in [2.75, 3.05) is 11.1 Å². The molecule has 0 radical (unpaired) electrons. The molecule has 9 heteroatoms.